The van der Waals surface area contributed by atoms with Crippen LogP contribution in [0.5, 0.6) is 0 Å². The Hall–Kier alpha value is -2.44. The average molecular weight is 354 g/mol. The number of hydrogen-bond acceptors (Lipinski definition) is 4. The lowest BCUT2D eigenvalue weighted by molar-refractivity contribution is -0.201. The molecule has 6 heteroatoms. The third-order valence-electron chi connectivity index (χ3n) is 4.98. The van der Waals surface area contributed by atoms with Crippen molar-refractivity contribution >= 4 is 28.3 Å². The molecule has 2 saturated heterocycles. The van der Waals surface area contributed by atoms with E-state index < -0.39 is 5.92 Å². The third-order valence-corrected chi connectivity index (χ3v) is 4.98. The summed E-state index contributed by atoms with van der Waals surface area (Å²) in [6.07, 6.45) is 2.61. The minimum atomic E-state index is -0.426. The van der Waals surface area contributed by atoms with E-state index in [0.29, 0.717) is 13.2 Å². The molecule has 2 aliphatic rings. The number of benzene rings is 2. The van der Waals surface area contributed by atoms with Gasteiger partial charge in [-0.25, -0.2) is 10.3 Å². The highest BCUT2D eigenvalue weighted by atomic mass is 16.8. The fourth-order valence-corrected chi connectivity index (χ4v) is 3.57. The number of nitrogens with one attached hydrogen (secondary N) is 1. The van der Waals surface area contributed by atoms with E-state index in [1.807, 2.05) is 42.5 Å². The van der Waals surface area contributed by atoms with Crippen LogP contribution in [0.2, 0.25) is 0 Å². The lowest BCUT2D eigenvalue weighted by atomic mass is 10.1. The number of carbonyl (C=O) groups excluding carboxylic acids is 2. The van der Waals surface area contributed by atoms with Crippen LogP contribution in [-0.2, 0) is 19.2 Å². The quantitative estimate of drug-likeness (QED) is 0.858. The van der Waals surface area contributed by atoms with E-state index in [2.05, 4.69) is 5.48 Å². The van der Waals surface area contributed by atoms with Gasteiger partial charge in [0.25, 0.3) is 0 Å². The Labute approximate surface area is 152 Å². The molecule has 2 atom stereocenters. The van der Waals surface area contributed by atoms with Gasteiger partial charge in [0.15, 0.2) is 6.29 Å². The first-order chi connectivity index (χ1) is 12.7. The second-order valence-corrected chi connectivity index (χ2v) is 6.78. The summed E-state index contributed by atoms with van der Waals surface area (Å²) in [5, 5.41) is 2.08. The summed E-state index contributed by atoms with van der Waals surface area (Å²) < 4.78 is 5.44. The second kappa shape index (κ2) is 7.43. The van der Waals surface area contributed by atoms with E-state index in [-0.39, 0.29) is 24.5 Å². The molecule has 0 aliphatic carbocycles. The van der Waals surface area contributed by atoms with E-state index >= 15 is 0 Å². The van der Waals surface area contributed by atoms with E-state index in [1.165, 1.54) is 0 Å². The molecule has 6 nitrogen and oxygen atoms in total. The summed E-state index contributed by atoms with van der Waals surface area (Å²) in [4.78, 5) is 32.0. The van der Waals surface area contributed by atoms with Crippen molar-refractivity contribution < 1.29 is 19.2 Å². The summed E-state index contributed by atoms with van der Waals surface area (Å²) in [6.45, 7) is 1.00. The molecule has 136 valence electrons. The average Bonchev–Trinajstić information content (AvgIpc) is 3.08. The maximum absolute atomic E-state index is 12.5. The first kappa shape index (κ1) is 17.0. The molecule has 2 heterocycles. The van der Waals surface area contributed by atoms with Gasteiger partial charge >= 0.3 is 0 Å². The molecule has 0 radical (unpaired) electrons. The predicted octanol–water partition coefficient (Wildman–Crippen LogP) is 2.77. The molecule has 0 unspecified atom stereocenters. The number of anilines is 1. The standard InChI is InChI=1S/C20H22N2O4/c23-18-12-15(20(24)21-26-19-10-3-4-11-25-19)13-22(18)17-9-5-7-14-6-1-2-8-16(14)17/h1-2,5-9,15,19H,3-4,10-13H2,(H,21,24)/t15-,19+/m0/s1. The molecule has 0 bridgehead atoms. The molecule has 1 N–H and O–H groups in total. The number of rotatable bonds is 4. The SMILES string of the molecule is O=C(NO[C@@H]1CCCCO1)[C@H]1CC(=O)N(c2cccc3ccccc23)C1. The fraction of sp³-hybridized carbons (Fsp3) is 0.400. The van der Waals surface area contributed by atoms with E-state index in [9.17, 15) is 9.59 Å². The van der Waals surface area contributed by atoms with Crippen molar-refractivity contribution in [3.05, 3.63) is 42.5 Å². The topological polar surface area (TPSA) is 67.9 Å². The van der Waals surface area contributed by atoms with Crippen LogP contribution < -0.4 is 10.4 Å². The lowest BCUT2D eigenvalue weighted by Gasteiger charge is -2.23. The molecular formula is C20H22N2O4. The zero-order valence-corrected chi connectivity index (χ0v) is 14.5. The molecule has 2 aromatic carbocycles. The largest absolute Gasteiger partial charge is 0.350 e. The van der Waals surface area contributed by atoms with Crippen LogP contribution in [0.3, 0.4) is 0 Å². The summed E-state index contributed by atoms with van der Waals surface area (Å²) in [5.41, 5.74) is 3.33. The van der Waals surface area contributed by atoms with Crippen LogP contribution in [0.1, 0.15) is 25.7 Å². The van der Waals surface area contributed by atoms with Crippen LogP contribution in [0.25, 0.3) is 10.8 Å². The normalized spacial score (nSPS) is 23.4. The van der Waals surface area contributed by atoms with E-state index in [1.54, 1.807) is 4.90 Å². The van der Waals surface area contributed by atoms with Crippen molar-refractivity contribution in [1.29, 1.82) is 0 Å². The highest BCUT2D eigenvalue weighted by molar-refractivity contribution is 6.06. The molecule has 2 aromatic rings. The third kappa shape index (κ3) is 3.43. The Morgan fingerprint density at radius 2 is 2.00 bits per heavy atom. The lowest BCUT2D eigenvalue weighted by Crippen LogP contribution is -2.37. The molecule has 2 aliphatic heterocycles. The van der Waals surface area contributed by atoms with Gasteiger partial charge in [0.1, 0.15) is 0 Å². The Morgan fingerprint density at radius 1 is 1.15 bits per heavy atom. The highest BCUT2D eigenvalue weighted by Crippen LogP contribution is 2.31. The van der Waals surface area contributed by atoms with Crippen molar-refractivity contribution in [2.24, 2.45) is 5.92 Å². The summed E-state index contributed by atoms with van der Waals surface area (Å²) >= 11 is 0. The predicted molar refractivity (Wildman–Crippen MR) is 97.2 cm³/mol. The molecule has 2 fully saturated rings. The molecule has 0 saturated carbocycles. The number of nitrogens with zero attached hydrogens (tertiary/aromatic N) is 1. The van der Waals surface area contributed by atoms with Crippen LogP contribution in [0.15, 0.2) is 42.5 Å². The molecule has 2 amide bonds. The maximum Gasteiger partial charge on any atom is 0.249 e. The number of hydroxylamine groups is 1. The highest BCUT2D eigenvalue weighted by Gasteiger charge is 2.36. The van der Waals surface area contributed by atoms with Crippen molar-refractivity contribution in [2.45, 2.75) is 32.0 Å². The van der Waals surface area contributed by atoms with E-state index in [0.717, 1.165) is 35.7 Å². The van der Waals surface area contributed by atoms with Crippen molar-refractivity contribution in [2.75, 3.05) is 18.1 Å². The number of fused-ring (bicyclic) bond motifs is 1. The molecule has 4 rings (SSSR count). The summed E-state index contributed by atoms with van der Waals surface area (Å²) in [7, 11) is 0. The van der Waals surface area contributed by atoms with Gasteiger partial charge in [0.2, 0.25) is 11.8 Å². The minimum absolute atomic E-state index is 0.0459. The van der Waals surface area contributed by atoms with Gasteiger partial charge in [-0.1, -0.05) is 36.4 Å². The van der Waals surface area contributed by atoms with Crippen molar-refractivity contribution in [3.8, 4) is 0 Å². The Morgan fingerprint density at radius 3 is 2.85 bits per heavy atom. The van der Waals surface area contributed by atoms with E-state index in [4.69, 9.17) is 9.57 Å². The van der Waals surface area contributed by atoms with Gasteiger partial charge in [0.05, 0.1) is 11.6 Å². The molecule has 0 spiro atoms. The van der Waals surface area contributed by atoms with Gasteiger partial charge in [-0.2, -0.15) is 0 Å². The number of hydrogen-bond donors (Lipinski definition) is 1. The van der Waals surface area contributed by atoms with Crippen LogP contribution in [0.4, 0.5) is 5.69 Å². The number of ether oxygens (including phenoxy) is 1. The van der Waals surface area contributed by atoms with Gasteiger partial charge in [0, 0.05) is 31.4 Å². The Kier molecular flexibility index (Phi) is 4.86. The zero-order chi connectivity index (χ0) is 17.9. The smallest absolute Gasteiger partial charge is 0.249 e. The number of amides is 2. The van der Waals surface area contributed by atoms with Gasteiger partial charge in [-0.3, -0.25) is 9.59 Å². The second-order valence-electron chi connectivity index (χ2n) is 6.78. The van der Waals surface area contributed by atoms with Crippen molar-refractivity contribution in [1.82, 2.24) is 5.48 Å². The molecular weight excluding hydrogens is 332 g/mol. The number of carbonyl (C=O) groups is 2. The maximum atomic E-state index is 12.5. The molecule has 26 heavy (non-hydrogen) atoms. The zero-order valence-electron chi connectivity index (χ0n) is 14.5. The first-order valence-electron chi connectivity index (χ1n) is 9.07. The fourth-order valence-electron chi connectivity index (χ4n) is 3.57. The minimum Gasteiger partial charge on any atom is -0.350 e. The van der Waals surface area contributed by atoms with Gasteiger partial charge < -0.3 is 9.64 Å². The summed E-state index contributed by atoms with van der Waals surface area (Å²) in [5.74, 6) is -0.740. The van der Waals surface area contributed by atoms with Crippen LogP contribution >= 0.6 is 0 Å². The van der Waals surface area contributed by atoms with Crippen molar-refractivity contribution in [3.63, 3.8) is 0 Å². The van der Waals surface area contributed by atoms with Gasteiger partial charge in [-0.05, 0) is 24.3 Å². The van der Waals surface area contributed by atoms with Crippen LogP contribution in [-0.4, -0.2) is 31.3 Å². The van der Waals surface area contributed by atoms with Crippen LogP contribution in [0, 0.1) is 5.92 Å². The monoisotopic (exact) mass is 354 g/mol. The molecule has 0 aromatic heterocycles. The first-order valence-corrected chi connectivity index (χ1v) is 9.07. The van der Waals surface area contributed by atoms with Gasteiger partial charge in [-0.15, -0.1) is 0 Å². The Balaban J connectivity index is 1.44. The summed E-state index contributed by atoms with van der Waals surface area (Å²) in [6, 6.07) is 13.8. The Bertz CT molecular complexity index is 811.